The molecular weight excluding hydrogens is 830 g/mol. The van der Waals surface area contributed by atoms with Gasteiger partial charge in [0.25, 0.3) is 0 Å². The molecule has 21 heteroatoms. The van der Waals surface area contributed by atoms with Crippen molar-refractivity contribution in [3.63, 3.8) is 0 Å². The molecule has 0 rings (SSSR count). The van der Waals surface area contributed by atoms with Crippen molar-refractivity contribution in [3.8, 4) is 0 Å². The maximum Gasteiger partial charge on any atom is 0.326 e. The van der Waals surface area contributed by atoms with Crippen LogP contribution in [0.2, 0.25) is 0 Å². The molecule has 0 saturated heterocycles. The molecule has 362 valence electrons. The first kappa shape index (κ1) is 58.1. The fourth-order valence-corrected chi connectivity index (χ4v) is 6.13. The molecule has 0 aliphatic carbocycles. The summed E-state index contributed by atoms with van der Waals surface area (Å²) >= 11 is 0. The summed E-state index contributed by atoms with van der Waals surface area (Å²) in [5.74, 6) is -7.19. The molecular formula is C42H73N5O16. The number of carbonyl (C=O) groups is 9. The maximum atomic E-state index is 12.3. The van der Waals surface area contributed by atoms with Crippen LogP contribution in [0, 0.1) is 0 Å². The molecule has 0 aliphatic rings. The second-order valence-electron chi connectivity index (χ2n) is 15.1. The fourth-order valence-electron chi connectivity index (χ4n) is 6.13. The number of unbranched alkanes of at least 4 members (excludes halogenated alkanes) is 13. The standard InChI is InChI=1S/C42H73N5O16/c48-31-45-33(30-39(54)55)40(56)47-34(42(59)60)29-37(51)44-22-16-24-62-26-28-63-27-25-61-23-15-21-43-35(49)20-19-32(41(57)58)46-36(50)17-13-11-9-7-5-3-1-2-4-6-8-10-12-14-18-38(52)53/h31-34H,1-30H2,(H,43,49)(H,44,51)(H,45,48)(H,46,50)(H,47,56)(H,52,53)(H,54,55)(H,57,58)(H,59,60)/t32-,33-,34-/m0/s1. The van der Waals surface area contributed by atoms with Crippen LogP contribution >= 0.6 is 0 Å². The zero-order valence-electron chi connectivity index (χ0n) is 36.7. The molecule has 0 aromatic rings. The van der Waals surface area contributed by atoms with E-state index in [4.69, 9.17) is 24.4 Å². The van der Waals surface area contributed by atoms with Crippen LogP contribution in [0.1, 0.15) is 141 Å². The first-order valence-corrected chi connectivity index (χ1v) is 22.2. The van der Waals surface area contributed by atoms with Gasteiger partial charge in [0, 0.05) is 45.6 Å². The summed E-state index contributed by atoms with van der Waals surface area (Å²) in [7, 11) is 0. The lowest BCUT2D eigenvalue weighted by Gasteiger charge is -2.18. The molecule has 0 spiro atoms. The van der Waals surface area contributed by atoms with Gasteiger partial charge in [-0.3, -0.25) is 33.6 Å². The van der Waals surface area contributed by atoms with Crippen molar-refractivity contribution in [1.29, 1.82) is 0 Å². The van der Waals surface area contributed by atoms with Crippen molar-refractivity contribution < 1.29 is 77.8 Å². The summed E-state index contributed by atoms with van der Waals surface area (Å²) in [6.07, 6.45) is 15.1. The minimum absolute atomic E-state index is 0.0188. The Labute approximate surface area is 369 Å². The molecule has 0 bridgehead atoms. The summed E-state index contributed by atoms with van der Waals surface area (Å²) in [6, 6.07) is -4.28. The van der Waals surface area contributed by atoms with E-state index in [1.54, 1.807) is 0 Å². The van der Waals surface area contributed by atoms with E-state index >= 15 is 0 Å². The lowest BCUT2D eigenvalue weighted by atomic mass is 10.0. The third kappa shape index (κ3) is 37.4. The molecule has 0 radical (unpaired) electrons. The smallest absolute Gasteiger partial charge is 0.326 e. The molecule has 0 aromatic carbocycles. The summed E-state index contributed by atoms with van der Waals surface area (Å²) in [5.41, 5.74) is 0. The van der Waals surface area contributed by atoms with Crippen LogP contribution in [-0.2, 0) is 57.4 Å². The van der Waals surface area contributed by atoms with Gasteiger partial charge in [0.1, 0.15) is 18.1 Å². The minimum atomic E-state index is -1.64. The van der Waals surface area contributed by atoms with E-state index in [1.165, 1.54) is 38.5 Å². The highest BCUT2D eigenvalue weighted by atomic mass is 16.5. The number of carboxylic acids is 4. The number of hydrogen-bond acceptors (Lipinski definition) is 12. The van der Waals surface area contributed by atoms with Crippen molar-refractivity contribution in [3.05, 3.63) is 0 Å². The quantitative estimate of drug-likeness (QED) is 0.0313. The van der Waals surface area contributed by atoms with Crippen LogP contribution in [0.5, 0.6) is 0 Å². The summed E-state index contributed by atoms with van der Waals surface area (Å²) in [6.45, 7) is 2.32. The van der Waals surface area contributed by atoms with E-state index in [0.717, 1.165) is 44.9 Å². The Balaban J connectivity index is 3.80. The predicted molar refractivity (Wildman–Crippen MR) is 227 cm³/mol. The number of hydrogen-bond donors (Lipinski definition) is 9. The van der Waals surface area contributed by atoms with Crippen molar-refractivity contribution in [2.45, 2.75) is 159 Å². The fraction of sp³-hybridized carbons (Fsp3) is 0.786. The van der Waals surface area contributed by atoms with Gasteiger partial charge in [-0.2, -0.15) is 0 Å². The Morgan fingerprint density at radius 1 is 0.429 bits per heavy atom. The SMILES string of the molecule is O=CN[C@@H](CC(=O)O)C(=O)N[C@@H](CC(=O)NCCCOCCOCCOCCCNC(=O)CC[C@H](NC(=O)CCCCCCCCCCCCCCCCC(=O)O)C(=O)O)C(=O)O. The number of nitrogens with one attached hydrogen (secondary N) is 5. The molecule has 21 nitrogen and oxygen atoms in total. The second kappa shape index (κ2) is 39.9. The van der Waals surface area contributed by atoms with E-state index in [-0.39, 0.29) is 70.3 Å². The van der Waals surface area contributed by atoms with Gasteiger partial charge in [-0.05, 0) is 32.1 Å². The van der Waals surface area contributed by atoms with Crippen molar-refractivity contribution >= 4 is 53.9 Å². The highest BCUT2D eigenvalue weighted by Crippen LogP contribution is 2.14. The first-order chi connectivity index (χ1) is 30.3. The van der Waals surface area contributed by atoms with Crippen LogP contribution in [0.3, 0.4) is 0 Å². The molecule has 0 aromatic heterocycles. The monoisotopic (exact) mass is 904 g/mol. The summed E-state index contributed by atoms with van der Waals surface area (Å²) in [4.78, 5) is 104. The van der Waals surface area contributed by atoms with Gasteiger partial charge in [0.2, 0.25) is 30.0 Å². The van der Waals surface area contributed by atoms with Crippen molar-refractivity contribution in [2.75, 3.05) is 52.7 Å². The number of amides is 5. The molecule has 5 amide bonds. The zero-order chi connectivity index (χ0) is 46.9. The third-order valence-electron chi connectivity index (χ3n) is 9.63. The largest absolute Gasteiger partial charge is 0.481 e. The Kier molecular flexibility index (Phi) is 36.8. The van der Waals surface area contributed by atoms with Crippen LogP contribution in [0.25, 0.3) is 0 Å². The highest BCUT2D eigenvalue weighted by Gasteiger charge is 2.28. The molecule has 63 heavy (non-hydrogen) atoms. The minimum Gasteiger partial charge on any atom is -0.481 e. The third-order valence-corrected chi connectivity index (χ3v) is 9.63. The van der Waals surface area contributed by atoms with E-state index in [0.29, 0.717) is 45.6 Å². The number of aliphatic carboxylic acids is 4. The Morgan fingerprint density at radius 2 is 0.873 bits per heavy atom. The van der Waals surface area contributed by atoms with Crippen molar-refractivity contribution in [1.82, 2.24) is 26.6 Å². The molecule has 0 unspecified atom stereocenters. The lowest BCUT2D eigenvalue weighted by Crippen LogP contribution is -2.51. The number of carbonyl (C=O) groups excluding carboxylic acids is 5. The molecule has 0 heterocycles. The number of ether oxygens (including phenoxy) is 3. The Morgan fingerprint density at radius 3 is 1.32 bits per heavy atom. The van der Waals surface area contributed by atoms with E-state index in [1.807, 2.05) is 10.6 Å². The maximum absolute atomic E-state index is 12.3. The van der Waals surface area contributed by atoms with Crippen molar-refractivity contribution in [2.24, 2.45) is 0 Å². The van der Waals surface area contributed by atoms with Gasteiger partial charge in [-0.25, -0.2) is 9.59 Å². The van der Waals surface area contributed by atoms with E-state index < -0.39 is 66.7 Å². The summed E-state index contributed by atoms with van der Waals surface area (Å²) in [5, 5.41) is 48.1. The normalized spacial score (nSPS) is 12.3. The van der Waals surface area contributed by atoms with Crippen LogP contribution < -0.4 is 26.6 Å². The van der Waals surface area contributed by atoms with Crippen LogP contribution in [0.15, 0.2) is 0 Å². The highest BCUT2D eigenvalue weighted by molar-refractivity contribution is 5.92. The van der Waals surface area contributed by atoms with Gasteiger partial charge in [0.15, 0.2) is 0 Å². The number of rotatable bonds is 45. The molecule has 3 atom stereocenters. The summed E-state index contributed by atoms with van der Waals surface area (Å²) < 4.78 is 16.3. The first-order valence-electron chi connectivity index (χ1n) is 22.2. The topological polar surface area (TPSA) is 322 Å². The molecule has 0 fully saturated rings. The zero-order valence-corrected chi connectivity index (χ0v) is 36.7. The van der Waals surface area contributed by atoms with Gasteiger partial charge >= 0.3 is 23.9 Å². The Bertz CT molecular complexity index is 1340. The van der Waals surface area contributed by atoms with Gasteiger partial charge in [-0.15, -0.1) is 0 Å². The van der Waals surface area contributed by atoms with Gasteiger partial charge in [-0.1, -0.05) is 77.0 Å². The number of carboxylic acid groups (broad SMARTS) is 4. The lowest BCUT2D eigenvalue weighted by molar-refractivity contribution is -0.144. The average molecular weight is 904 g/mol. The van der Waals surface area contributed by atoms with Gasteiger partial charge < -0.3 is 61.2 Å². The second-order valence-corrected chi connectivity index (χ2v) is 15.1. The average Bonchev–Trinajstić information content (AvgIpc) is 3.22. The van der Waals surface area contributed by atoms with Gasteiger partial charge in [0.05, 0.1) is 39.3 Å². The van der Waals surface area contributed by atoms with E-state index in [9.17, 15) is 53.4 Å². The van der Waals surface area contributed by atoms with E-state index in [2.05, 4.69) is 16.0 Å². The van der Waals surface area contributed by atoms with Crippen LogP contribution in [-0.4, -0.2) is 145 Å². The molecule has 9 N–H and O–H groups in total. The molecule has 0 saturated carbocycles. The predicted octanol–water partition coefficient (Wildman–Crippen LogP) is 2.27. The van der Waals surface area contributed by atoms with Crippen LogP contribution in [0.4, 0.5) is 0 Å². The Hall–Kier alpha value is -4.89. The molecule has 0 aliphatic heterocycles.